The molecule has 2 rings (SSSR count). The van der Waals surface area contributed by atoms with Crippen LogP contribution >= 0.6 is 0 Å². The van der Waals surface area contributed by atoms with Gasteiger partial charge in [0, 0.05) is 0 Å². The number of rotatable bonds is 2. The highest BCUT2D eigenvalue weighted by Crippen LogP contribution is 2.29. The first-order valence-corrected chi connectivity index (χ1v) is 6.09. The lowest BCUT2D eigenvalue weighted by molar-refractivity contribution is 0.458. The molecule has 1 fully saturated rings. The Labute approximate surface area is 97.3 Å². The summed E-state index contributed by atoms with van der Waals surface area (Å²) < 4.78 is 0. The van der Waals surface area contributed by atoms with E-state index in [-0.39, 0.29) is 0 Å². The number of nitrogens with one attached hydrogen (secondary N) is 1. The van der Waals surface area contributed by atoms with E-state index in [4.69, 9.17) is 5.26 Å². The molecule has 1 aromatic carbocycles. The van der Waals surface area contributed by atoms with Gasteiger partial charge in [-0.05, 0) is 55.5 Å². The maximum absolute atomic E-state index is 9.11. The van der Waals surface area contributed by atoms with Gasteiger partial charge in [0.1, 0.15) is 0 Å². The van der Waals surface area contributed by atoms with Crippen molar-refractivity contribution in [2.75, 3.05) is 13.1 Å². The topological polar surface area (TPSA) is 35.8 Å². The first-order valence-electron chi connectivity index (χ1n) is 6.09. The first kappa shape index (κ1) is 11.2. The van der Waals surface area contributed by atoms with Gasteiger partial charge in [0.25, 0.3) is 0 Å². The van der Waals surface area contributed by atoms with Gasteiger partial charge in [-0.2, -0.15) is 5.26 Å². The average molecular weight is 214 g/mol. The lowest BCUT2D eigenvalue weighted by Gasteiger charge is -2.25. The minimum Gasteiger partial charge on any atom is -0.317 e. The molecule has 1 aliphatic heterocycles. The van der Waals surface area contributed by atoms with Gasteiger partial charge in [0.05, 0.1) is 11.6 Å². The zero-order valence-electron chi connectivity index (χ0n) is 9.79. The maximum atomic E-state index is 9.11. The standard InChI is InChI=1S/C14H18N2/c1-2-13-12(10-15)4-3-5-14(13)11-6-8-16-9-7-11/h3-5,11,16H,2,6-9H2,1H3. The zero-order valence-corrected chi connectivity index (χ0v) is 9.79. The van der Waals surface area contributed by atoms with Crippen LogP contribution in [0.25, 0.3) is 0 Å². The van der Waals surface area contributed by atoms with E-state index in [1.807, 2.05) is 12.1 Å². The molecule has 1 aliphatic rings. The van der Waals surface area contributed by atoms with Gasteiger partial charge in [0.2, 0.25) is 0 Å². The van der Waals surface area contributed by atoms with Gasteiger partial charge in [0.15, 0.2) is 0 Å². The van der Waals surface area contributed by atoms with Crippen LogP contribution in [-0.2, 0) is 6.42 Å². The lowest BCUT2D eigenvalue weighted by Crippen LogP contribution is -2.27. The first-order chi connectivity index (χ1) is 7.86. The van der Waals surface area contributed by atoms with Crippen molar-refractivity contribution in [3.63, 3.8) is 0 Å². The van der Waals surface area contributed by atoms with E-state index in [1.54, 1.807) is 0 Å². The van der Waals surface area contributed by atoms with Crippen molar-refractivity contribution >= 4 is 0 Å². The maximum Gasteiger partial charge on any atom is 0.0994 e. The zero-order chi connectivity index (χ0) is 11.4. The average Bonchev–Trinajstić information content (AvgIpc) is 2.38. The van der Waals surface area contributed by atoms with E-state index in [0.717, 1.165) is 25.1 Å². The molecule has 16 heavy (non-hydrogen) atoms. The van der Waals surface area contributed by atoms with Gasteiger partial charge in [-0.3, -0.25) is 0 Å². The molecule has 0 saturated carbocycles. The largest absolute Gasteiger partial charge is 0.317 e. The van der Waals surface area contributed by atoms with Crippen LogP contribution in [0, 0.1) is 11.3 Å². The summed E-state index contributed by atoms with van der Waals surface area (Å²) in [5.41, 5.74) is 3.53. The van der Waals surface area contributed by atoms with E-state index in [9.17, 15) is 0 Å². The predicted molar refractivity (Wildman–Crippen MR) is 65.4 cm³/mol. The second-order valence-corrected chi connectivity index (χ2v) is 4.36. The SMILES string of the molecule is CCc1c(C#N)cccc1C1CCNCC1. The van der Waals surface area contributed by atoms with Crippen LogP contribution < -0.4 is 5.32 Å². The van der Waals surface area contributed by atoms with Crippen molar-refractivity contribution in [3.8, 4) is 6.07 Å². The third-order valence-corrected chi connectivity index (χ3v) is 3.47. The summed E-state index contributed by atoms with van der Waals surface area (Å²) in [6.45, 7) is 4.34. The number of hydrogen-bond acceptors (Lipinski definition) is 2. The van der Waals surface area contributed by atoms with Crippen LogP contribution in [0.5, 0.6) is 0 Å². The summed E-state index contributed by atoms with van der Waals surface area (Å²) in [4.78, 5) is 0. The van der Waals surface area contributed by atoms with Gasteiger partial charge in [-0.1, -0.05) is 19.1 Å². The van der Waals surface area contributed by atoms with Crippen molar-refractivity contribution in [2.45, 2.75) is 32.1 Å². The van der Waals surface area contributed by atoms with Gasteiger partial charge >= 0.3 is 0 Å². The number of nitriles is 1. The predicted octanol–water partition coefficient (Wildman–Crippen LogP) is 2.59. The molecule has 2 nitrogen and oxygen atoms in total. The van der Waals surface area contributed by atoms with E-state index in [1.165, 1.54) is 24.0 Å². The van der Waals surface area contributed by atoms with Crippen LogP contribution in [0.15, 0.2) is 18.2 Å². The monoisotopic (exact) mass is 214 g/mol. The molecule has 1 saturated heterocycles. The Bertz CT molecular complexity index is 398. The Morgan fingerprint density at radius 2 is 2.12 bits per heavy atom. The number of piperidine rings is 1. The Balaban J connectivity index is 2.35. The Morgan fingerprint density at radius 1 is 1.38 bits per heavy atom. The number of nitrogens with zero attached hydrogens (tertiary/aromatic N) is 1. The Morgan fingerprint density at radius 3 is 2.75 bits per heavy atom. The van der Waals surface area contributed by atoms with Crippen LogP contribution in [0.3, 0.4) is 0 Å². The van der Waals surface area contributed by atoms with E-state index < -0.39 is 0 Å². The Hall–Kier alpha value is -1.33. The molecular weight excluding hydrogens is 196 g/mol. The minimum absolute atomic E-state index is 0.643. The molecule has 0 aromatic heterocycles. The lowest BCUT2D eigenvalue weighted by atomic mass is 9.85. The van der Waals surface area contributed by atoms with Crippen LogP contribution in [0.4, 0.5) is 0 Å². The fourth-order valence-electron chi connectivity index (χ4n) is 2.62. The summed E-state index contributed by atoms with van der Waals surface area (Å²) >= 11 is 0. The van der Waals surface area contributed by atoms with Gasteiger partial charge < -0.3 is 5.32 Å². The molecule has 0 unspecified atom stereocenters. The molecule has 0 amide bonds. The highest BCUT2D eigenvalue weighted by Gasteiger charge is 2.18. The fraction of sp³-hybridized carbons (Fsp3) is 0.500. The van der Waals surface area contributed by atoms with Crippen molar-refractivity contribution < 1.29 is 0 Å². The molecule has 0 spiro atoms. The fourth-order valence-corrected chi connectivity index (χ4v) is 2.62. The van der Waals surface area contributed by atoms with Crippen molar-refractivity contribution in [1.29, 1.82) is 5.26 Å². The second-order valence-electron chi connectivity index (χ2n) is 4.36. The second kappa shape index (κ2) is 5.14. The molecule has 84 valence electrons. The summed E-state index contributed by atoms with van der Waals surface area (Å²) in [5.74, 6) is 0.643. The molecule has 1 N–H and O–H groups in total. The summed E-state index contributed by atoms with van der Waals surface area (Å²) in [6.07, 6.45) is 3.35. The molecule has 2 heteroatoms. The van der Waals surface area contributed by atoms with Crippen LogP contribution in [-0.4, -0.2) is 13.1 Å². The highest BCUT2D eigenvalue weighted by molar-refractivity contribution is 5.44. The minimum atomic E-state index is 0.643. The molecule has 1 heterocycles. The Kier molecular flexibility index (Phi) is 3.58. The molecule has 0 atom stereocenters. The van der Waals surface area contributed by atoms with Crippen molar-refractivity contribution in [1.82, 2.24) is 5.32 Å². The summed E-state index contributed by atoms with van der Waals surface area (Å²) in [6, 6.07) is 8.47. The van der Waals surface area contributed by atoms with Crippen LogP contribution in [0.1, 0.15) is 42.4 Å². The molecule has 1 aromatic rings. The molecule has 0 bridgehead atoms. The summed E-state index contributed by atoms with van der Waals surface area (Å²) in [5, 5.41) is 12.5. The smallest absolute Gasteiger partial charge is 0.0994 e. The quantitative estimate of drug-likeness (QED) is 0.821. The van der Waals surface area contributed by atoms with E-state index in [2.05, 4.69) is 24.4 Å². The van der Waals surface area contributed by atoms with Gasteiger partial charge in [-0.25, -0.2) is 0 Å². The van der Waals surface area contributed by atoms with Crippen molar-refractivity contribution in [2.24, 2.45) is 0 Å². The third-order valence-electron chi connectivity index (χ3n) is 3.47. The molecule has 0 radical (unpaired) electrons. The summed E-state index contributed by atoms with van der Waals surface area (Å²) in [7, 11) is 0. The van der Waals surface area contributed by atoms with Crippen LogP contribution in [0.2, 0.25) is 0 Å². The number of benzene rings is 1. The van der Waals surface area contributed by atoms with Crippen molar-refractivity contribution in [3.05, 3.63) is 34.9 Å². The van der Waals surface area contributed by atoms with E-state index in [0.29, 0.717) is 5.92 Å². The molecule has 0 aliphatic carbocycles. The third kappa shape index (κ3) is 2.10. The number of hydrogen-bond donors (Lipinski definition) is 1. The highest BCUT2D eigenvalue weighted by atomic mass is 14.9. The normalized spacial score (nSPS) is 17.0. The van der Waals surface area contributed by atoms with E-state index >= 15 is 0 Å². The van der Waals surface area contributed by atoms with Gasteiger partial charge in [-0.15, -0.1) is 0 Å². The molecular formula is C14H18N2.